The minimum Gasteiger partial charge on any atom is -1.00 e. The van der Waals surface area contributed by atoms with Gasteiger partial charge >= 0.3 is 21.2 Å². The van der Waals surface area contributed by atoms with E-state index in [0.29, 0.717) is 17.3 Å². The van der Waals surface area contributed by atoms with Crippen molar-refractivity contribution in [2.75, 3.05) is 18.7 Å². The first-order valence-corrected chi connectivity index (χ1v) is 12.4. The first-order valence-electron chi connectivity index (χ1n) is 9.43. The van der Waals surface area contributed by atoms with Crippen LogP contribution in [0.25, 0.3) is 10.2 Å². The number of halogens is 2. The third-order valence-corrected chi connectivity index (χ3v) is 7.70. The van der Waals surface area contributed by atoms with E-state index in [1.54, 1.807) is 0 Å². The fourth-order valence-electron chi connectivity index (χ4n) is 2.70. The maximum absolute atomic E-state index is 12.8. The SMILES string of the molecule is CCOCOc1ccc2nc(NC(=O)c3cccc([I+]c4ccccc4)c3)sc2c1.[Br-]. The average molecular weight is 611 g/mol. The smallest absolute Gasteiger partial charge is 0.357 e. The van der Waals surface area contributed by atoms with E-state index in [-0.39, 0.29) is 50.9 Å². The maximum Gasteiger partial charge on any atom is 0.357 e. The van der Waals surface area contributed by atoms with Crippen molar-refractivity contribution in [2.24, 2.45) is 0 Å². The zero-order valence-corrected chi connectivity index (χ0v) is 21.2. The van der Waals surface area contributed by atoms with Gasteiger partial charge in [-0.1, -0.05) is 35.6 Å². The number of nitrogens with zero attached hydrogens (tertiary/aromatic N) is 1. The summed E-state index contributed by atoms with van der Waals surface area (Å²) in [4.78, 5) is 17.3. The van der Waals surface area contributed by atoms with Gasteiger partial charge in [-0.15, -0.1) is 0 Å². The zero-order valence-electron chi connectivity index (χ0n) is 16.7. The Morgan fingerprint density at radius 1 is 1.03 bits per heavy atom. The molecular formula is C23H20BrIN2O3S. The number of amides is 1. The van der Waals surface area contributed by atoms with Crippen molar-refractivity contribution in [1.29, 1.82) is 0 Å². The molecule has 0 aliphatic rings. The molecule has 0 aliphatic heterocycles. The van der Waals surface area contributed by atoms with Gasteiger partial charge in [0.25, 0.3) is 5.91 Å². The molecule has 4 aromatic rings. The van der Waals surface area contributed by atoms with Gasteiger partial charge < -0.3 is 26.5 Å². The van der Waals surface area contributed by atoms with Crippen LogP contribution in [0.5, 0.6) is 5.75 Å². The fourth-order valence-corrected chi connectivity index (χ4v) is 5.96. The summed E-state index contributed by atoms with van der Waals surface area (Å²) in [5, 5.41) is 3.50. The molecule has 0 unspecified atom stereocenters. The van der Waals surface area contributed by atoms with E-state index in [4.69, 9.17) is 9.47 Å². The van der Waals surface area contributed by atoms with Crippen molar-refractivity contribution in [3.63, 3.8) is 0 Å². The topological polar surface area (TPSA) is 60.5 Å². The summed E-state index contributed by atoms with van der Waals surface area (Å²) < 4.78 is 14.2. The number of carbonyl (C=O) groups is 1. The molecule has 1 N–H and O–H groups in total. The fraction of sp³-hybridized carbons (Fsp3) is 0.130. The van der Waals surface area contributed by atoms with Crippen molar-refractivity contribution >= 4 is 32.6 Å². The van der Waals surface area contributed by atoms with Crippen molar-refractivity contribution in [1.82, 2.24) is 4.98 Å². The molecule has 0 spiro atoms. The summed E-state index contributed by atoms with van der Waals surface area (Å²) in [7, 11) is 0. The summed E-state index contributed by atoms with van der Waals surface area (Å²) in [6.45, 7) is 2.74. The molecular weight excluding hydrogens is 591 g/mol. The third kappa shape index (κ3) is 6.49. The van der Waals surface area contributed by atoms with Crippen LogP contribution in [-0.4, -0.2) is 24.3 Å². The molecule has 0 aliphatic carbocycles. The normalized spacial score (nSPS) is 10.5. The van der Waals surface area contributed by atoms with Crippen molar-refractivity contribution < 1.29 is 52.5 Å². The highest BCUT2D eigenvalue weighted by molar-refractivity contribution is 7.22. The van der Waals surface area contributed by atoms with E-state index < -0.39 is 0 Å². The molecule has 1 heterocycles. The first kappa shape index (κ1) is 23.6. The molecule has 0 fully saturated rings. The van der Waals surface area contributed by atoms with Crippen molar-refractivity contribution in [3.05, 3.63) is 85.5 Å². The molecule has 5 nitrogen and oxygen atoms in total. The van der Waals surface area contributed by atoms with Crippen LogP contribution in [0.4, 0.5) is 5.13 Å². The lowest BCUT2D eigenvalue weighted by atomic mass is 10.2. The van der Waals surface area contributed by atoms with Gasteiger partial charge in [-0.05, 0) is 49.4 Å². The molecule has 160 valence electrons. The summed E-state index contributed by atoms with van der Waals surface area (Å²) in [5.41, 5.74) is 1.46. The second kappa shape index (κ2) is 11.6. The molecule has 31 heavy (non-hydrogen) atoms. The predicted molar refractivity (Wildman–Crippen MR) is 115 cm³/mol. The van der Waals surface area contributed by atoms with Crippen LogP contribution in [0.3, 0.4) is 0 Å². The summed E-state index contributed by atoms with van der Waals surface area (Å²) in [6, 6.07) is 23.8. The van der Waals surface area contributed by atoms with Crippen LogP contribution in [0, 0.1) is 7.14 Å². The quantitative estimate of drug-likeness (QED) is 0.159. The lowest BCUT2D eigenvalue weighted by Gasteiger charge is -2.04. The Balaban J connectivity index is 0.00000272. The lowest BCUT2D eigenvalue weighted by Crippen LogP contribution is -3.61. The predicted octanol–water partition coefficient (Wildman–Crippen LogP) is -0.946. The van der Waals surface area contributed by atoms with Crippen LogP contribution in [-0.2, 0) is 4.74 Å². The van der Waals surface area contributed by atoms with Gasteiger partial charge in [-0.3, -0.25) is 10.1 Å². The van der Waals surface area contributed by atoms with Crippen molar-refractivity contribution in [2.45, 2.75) is 6.92 Å². The number of hydrogen-bond acceptors (Lipinski definition) is 5. The number of benzene rings is 3. The summed E-state index contributed by atoms with van der Waals surface area (Å²) in [6.07, 6.45) is 0. The van der Waals surface area contributed by atoms with Crippen LogP contribution < -0.4 is 48.2 Å². The second-order valence-corrected chi connectivity index (χ2v) is 10.3. The molecule has 0 atom stereocenters. The van der Waals surface area contributed by atoms with Crippen LogP contribution in [0.15, 0.2) is 72.8 Å². The number of nitrogens with one attached hydrogen (secondary N) is 1. The molecule has 0 bridgehead atoms. The van der Waals surface area contributed by atoms with Gasteiger partial charge in [-0.25, -0.2) is 4.98 Å². The van der Waals surface area contributed by atoms with Gasteiger partial charge in [0.2, 0.25) is 0 Å². The molecule has 1 aromatic heterocycles. The number of aromatic nitrogens is 1. The van der Waals surface area contributed by atoms with Gasteiger partial charge in [0.15, 0.2) is 19.1 Å². The van der Waals surface area contributed by atoms with Crippen LogP contribution >= 0.6 is 11.3 Å². The average Bonchev–Trinajstić information content (AvgIpc) is 3.16. The highest BCUT2D eigenvalue weighted by atomic mass is 127. The Labute approximate surface area is 205 Å². The molecule has 8 heteroatoms. The van der Waals surface area contributed by atoms with Crippen LogP contribution in [0.1, 0.15) is 17.3 Å². The Morgan fingerprint density at radius 2 is 1.84 bits per heavy atom. The van der Waals surface area contributed by atoms with Gasteiger partial charge in [0.05, 0.1) is 10.2 Å². The molecule has 0 radical (unpaired) electrons. The van der Waals surface area contributed by atoms with E-state index in [9.17, 15) is 4.79 Å². The van der Waals surface area contributed by atoms with E-state index in [0.717, 1.165) is 16.0 Å². The highest BCUT2D eigenvalue weighted by Gasteiger charge is 2.18. The third-order valence-electron chi connectivity index (χ3n) is 4.13. The van der Waals surface area contributed by atoms with Crippen molar-refractivity contribution in [3.8, 4) is 5.75 Å². The summed E-state index contributed by atoms with van der Waals surface area (Å²) >= 11 is 1.10. The number of anilines is 1. The standard InChI is InChI=1S/C23H19IN2O3S.BrH/c1-2-28-15-29-19-11-12-20-21(14-19)30-23(25-20)26-22(27)16-7-6-10-18(13-16)24-17-8-4-3-5-9-17;/h3-14H,2,15H2,1H3;1H. The number of carbonyl (C=O) groups excluding carboxylic acids is 1. The van der Waals surface area contributed by atoms with E-state index in [1.165, 1.54) is 18.5 Å². The van der Waals surface area contributed by atoms with Gasteiger partial charge in [-0.2, -0.15) is 0 Å². The Hall–Kier alpha value is -2.01. The zero-order chi connectivity index (χ0) is 20.8. The first-order chi connectivity index (χ1) is 14.7. The number of hydrogen-bond donors (Lipinski definition) is 1. The van der Waals surface area contributed by atoms with Gasteiger partial charge in [0.1, 0.15) is 5.75 Å². The number of thiazole rings is 1. The molecule has 3 aromatic carbocycles. The number of fused-ring (bicyclic) bond motifs is 1. The maximum atomic E-state index is 12.8. The van der Waals surface area contributed by atoms with E-state index >= 15 is 0 Å². The monoisotopic (exact) mass is 610 g/mol. The minimum absolute atomic E-state index is 0. The Bertz CT molecular complexity index is 1150. The highest BCUT2D eigenvalue weighted by Crippen LogP contribution is 2.29. The largest absolute Gasteiger partial charge is 1.00 e. The van der Waals surface area contributed by atoms with E-state index in [2.05, 4.69) is 28.5 Å². The summed E-state index contributed by atoms with van der Waals surface area (Å²) in [5.74, 6) is 0.566. The molecule has 0 saturated carbocycles. The molecule has 4 rings (SSSR count). The number of rotatable bonds is 8. The minimum atomic E-state index is -0.319. The Kier molecular flexibility index (Phi) is 8.82. The molecule has 1 amide bonds. The lowest BCUT2D eigenvalue weighted by molar-refractivity contribution is -0.597. The number of ether oxygens (including phenoxy) is 2. The second-order valence-electron chi connectivity index (χ2n) is 6.26. The van der Waals surface area contributed by atoms with E-state index in [1.807, 2.05) is 61.5 Å². The van der Waals surface area contributed by atoms with Crippen LogP contribution in [0.2, 0.25) is 0 Å². The Morgan fingerprint density at radius 3 is 2.65 bits per heavy atom. The van der Waals surface area contributed by atoms with Gasteiger partial charge in [0, 0.05) is 18.2 Å². The molecule has 0 saturated heterocycles.